The summed E-state index contributed by atoms with van der Waals surface area (Å²) in [5.41, 5.74) is 9.62. The highest BCUT2D eigenvalue weighted by Gasteiger charge is 2.30. The zero-order valence-electron chi connectivity index (χ0n) is 19.6. The molecule has 5 rings (SSSR count). The van der Waals surface area contributed by atoms with E-state index in [1.54, 1.807) is 12.1 Å². The Balaban J connectivity index is 1.38. The minimum Gasteiger partial charge on any atom is -0.382 e. The molecule has 0 atom stereocenters. The van der Waals surface area contributed by atoms with Crippen LogP contribution in [0.15, 0.2) is 54.6 Å². The number of alkyl halides is 3. The Kier molecular flexibility index (Phi) is 6.03. The van der Waals surface area contributed by atoms with Crippen LogP contribution in [-0.4, -0.2) is 20.8 Å². The smallest absolute Gasteiger partial charge is 0.382 e. The maximum absolute atomic E-state index is 12.9. The van der Waals surface area contributed by atoms with Crippen LogP contribution >= 0.6 is 0 Å². The van der Waals surface area contributed by atoms with Gasteiger partial charge in [0.25, 0.3) is 0 Å². The van der Waals surface area contributed by atoms with Crippen LogP contribution in [0.2, 0.25) is 0 Å². The van der Waals surface area contributed by atoms with Gasteiger partial charge in [0.1, 0.15) is 0 Å². The largest absolute Gasteiger partial charge is 0.416 e. The Morgan fingerprint density at radius 2 is 1.81 bits per heavy atom. The van der Waals surface area contributed by atoms with Crippen LogP contribution in [0.3, 0.4) is 0 Å². The molecule has 1 saturated carbocycles. The summed E-state index contributed by atoms with van der Waals surface area (Å²) >= 11 is 0. The predicted octanol–water partition coefficient (Wildman–Crippen LogP) is 6.63. The molecule has 0 spiro atoms. The fourth-order valence-electron chi connectivity index (χ4n) is 4.20. The summed E-state index contributed by atoms with van der Waals surface area (Å²) in [5, 5.41) is 10.4. The third-order valence-corrected chi connectivity index (χ3v) is 6.08. The molecule has 0 radical (unpaired) electrons. The molecule has 2 amide bonds. The van der Waals surface area contributed by atoms with Gasteiger partial charge in [0.05, 0.1) is 10.9 Å². The zero-order valence-corrected chi connectivity index (χ0v) is 19.6. The molecule has 4 aromatic rings. The number of hydrogen-bond acceptors (Lipinski definition) is 4. The zero-order chi connectivity index (χ0) is 25.4. The molecule has 2 aromatic carbocycles. The second-order valence-electron chi connectivity index (χ2n) is 8.91. The minimum atomic E-state index is -4.49. The van der Waals surface area contributed by atoms with Gasteiger partial charge in [-0.1, -0.05) is 25.1 Å². The summed E-state index contributed by atoms with van der Waals surface area (Å²) in [6.07, 6.45) is -1.36. The van der Waals surface area contributed by atoms with Crippen molar-refractivity contribution < 1.29 is 18.0 Å². The van der Waals surface area contributed by atoms with Gasteiger partial charge < -0.3 is 16.4 Å². The van der Waals surface area contributed by atoms with Gasteiger partial charge in [0.15, 0.2) is 11.5 Å². The number of benzene rings is 2. The van der Waals surface area contributed by atoms with Crippen LogP contribution in [0.4, 0.5) is 35.2 Å². The first-order chi connectivity index (χ1) is 17.2. The predicted molar refractivity (Wildman–Crippen MR) is 134 cm³/mol. The number of hydrogen-bond donors (Lipinski definition) is 3. The lowest BCUT2D eigenvalue weighted by atomic mass is 10.0. The second kappa shape index (κ2) is 9.18. The Labute approximate surface area is 205 Å². The average Bonchev–Trinajstić information content (AvgIpc) is 3.64. The van der Waals surface area contributed by atoms with Crippen LogP contribution < -0.4 is 16.4 Å². The summed E-state index contributed by atoms with van der Waals surface area (Å²) in [6, 6.07) is 13.1. The highest BCUT2D eigenvalue weighted by Crippen LogP contribution is 2.43. The topological polar surface area (TPSA) is 97.9 Å². The molecule has 10 heteroatoms. The van der Waals surface area contributed by atoms with E-state index in [1.165, 1.54) is 12.1 Å². The highest BCUT2D eigenvalue weighted by molar-refractivity contribution is 6.02. The monoisotopic (exact) mass is 494 g/mol. The van der Waals surface area contributed by atoms with Gasteiger partial charge in [-0.05, 0) is 66.8 Å². The summed E-state index contributed by atoms with van der Waals surface area (Å²) in [5.74, 6) is 0.866. The maximum Gasteiger partial charge on any atom is 0.416 e. The van der Waals surface area contributed by atoms with Gasteiger partial charge >= 0.3 is 12.2 Å². The standard InChI is InChI=1S/C26H25F3N6O/c1-2-12-35-24-22(23(30)34-35)20(14-21(33-24)16-6-7-16)15-8-10-18(11-9-15)31-25(36)32-19-5-3-4-17(13-19)26(27,28)29/h3-5,8-11,13-14,16H,2,6-7,12H2,1H3,(H2,30,34)(H2,31,32,36). The van der Waals surface area contributed by atoms with E-state index in [0.717, 1.165) is 65.8 Å². The minimum absolute atomic E-state index is 0.0466. The normalized spacial score (nSPS) is 13.7. The van der Waals surface area contributed by atoms with Crippen molar-refractivity contribution in [1.29, 1.82) is 0 Å². The average molecular weight is 495 g/mol. The van der Waals surface area contributed by atoms with Gasteiger partial charge in [0, 0.05) is 29.5 Å². The Hall–Kier alpha value is -4.08. The number of carbonyl (C=O) groups excluding carboxylic acids is 1. The van der Waals surface area contributed by atoms with Gasteiger partial charge in [-0.15, -0.1) is 0 Å². The quantitative estimate of drug-likeness (QED) is 0.280. The van der Waals surface area contributed by atoms with E-state index in [4.69, 9.17) is 10.7 Å². The molecule has 186 valence electrons. The van der Waals surface area contributed by atoms with Crippen molar-refractivity contribution >= 4 is 34.3 Å². The van der Waals surface area contributed by atoms with E-state index in [-0.39, 0.29) is 5.69 Å². The van der Waals surface area contributed by atoms with E-state index >= 15 is 0 Å². The summed E-state index contributed by atoms with van der Waals surface area (Å²) < 4.78 is 40.6. The van der Waals surface area contributed by atoms with Gasteiger partial charge in [-0.2, -0.15) is 18.3 Å². The van der Waals surface area contributed by atoms with E-state index in [2.05, 4.69) is 28.7 Å². The summed E-state index contributed by atoms with van der Waals surface area (Å²) in [6.45, 7) is 2.79. The number of nitrogens with one attached hydrogen (secondary N) is 2. The lowest BCUT2D eigenvalue weighted by molar-refractivity contribution is -0.137. The van der Waals surface area contributed by atoms with E-state index in [0.29, 0.717) is 17.4 Å². The van der Waals surface area contributed by atoms with Crippen molar-refractivity contribution in [3.8, 4) is 11.1 Å². The number of nitrogen functional groups attached to an aromatic ring is 1. The fourth-order valence-corrected chi connectivity index (χ4v) is 4.20. The molecule has 7 nitrogen and oxygen atoms in total. The molecule has 1 fully saturated rings. The number of urea groups is 1. The number of pyridine rings is 1. The van der Waals surface area contributed by atoms with Crippen molar-refractivity contribution in [3.05, 3.63) is 65.9 Å². The molecule has 1 aliphatic carbocycles. The SMILES string of the molecule is CCCn1nc(N)c2c(-c3ccc(NC(=O)Nc4cccc(C(F)(F)F)c4)cc3)cc(C3CC3)nc21. The Morgan fingerprint density at radius 1 is 1.08 bits per heavy atom. The lowest BCUT2D eigenvalue weighted by Crippen LogP contribution is -2.19. The molecule has 36 heavy (non-hydrogen) atoms. The lowest BCUT2D eigenvalue weighted by Gasteiger charge is -2.12. The van der Waals surface area contributed by atoms with Crippen LogP contribution in [0.25, 0.3) is 22.2 Å². The van der Waals surface area contributed by atoms with Crippen LogP contribution in [0, 0.1) is 0 Å². The van der Waals surface area contributed by atoms with E-state index in [1.807, 2.05) is 16.8 Å². The second-order valence-corrected chi connectivity index (χ2v) is 8.91. The number of halogens is 3. The first kappa shape index (κ1) is 23.7. The number of nitrogens with two attached hydrogens (primary N) is 1. The maximum atomic E-state index is 12.9. The van der Waals surface area contributed by atoms with Gasteiger partial charge in [0.2, 0.25) is 0 Å². The first-order valence-corrected chi connectivity index (χ1v) is 11.8. The summed E-state index contributed by atoms with van der Waals surface area (Å²) in [4.78, 5) is 17.2. The molecule has 0 saturated heterocycles. The number of aryl methyl sites for hydroxylation is 1. The number of fused-ring (bicyclic) bond motifs is 1. The molecule has 0 unspecified atom stereocenters. The van der Waals surface area contributed by atoms with Gasteiger partial charge in [-0.3, -0.25) is 0 Å². The van der Waals surface area contributed by atoms with Crippen LogP contribution in [0.5, 0.6) is 0 Å². The number of carbonyl (C=O) groups is 1. The van der Waals surface area contributed by atoms with Gasteiger partial charge in [-0.25, -0.2) is 14.5 Å². The molecule has 2 aromatic heterocycles. The molecule has 4 N–H and O–H groups in total. The van der Waals surface area contributed by atoms with E-state index < -0.39 is 17.8 Å². The third-order valence-electron chi connectivity index (χ3n) is 6.08. The van der Waals surface area contributed by atoms with Crippen molar-refractivity contribution in [1.82, 2.24) is 14.8 Å². The number of nitrogens with zero attached hydrogens (tertiary/aromatic N) is 3. The number of anilines is 3. The fraction of sp³-hybridized carbons (Fsp3) is 0.269. The molecular formula is C26H25F3N6O. The first-order valence-electron chi connectivity index (χ1n) is 11.8. The molecule has 0 aliphatic heterocycles. The van der Waals surface area contributed by atoms with Crippen molar-refractivity contribution in [2.24, 2.45) is 0 Å². The molecule has 1 aliphatic rings. The Morgan fingerprint density at radius 3 is 2.47 bits per heavy atom. The third kappa shape index (κ3) is 4.84. The van der Waals surface area contributed by atoms with Crippen LogP contribution in [0.1, 0.15) is 43.4 Å². The molecule has 2 heterocycles. The van der Waals surface area contributed by atoms with Crippen molar-refractivity contribution in [2.75, 3.05) is 16.4 Å². The number of amides is 2. The van der Waals surface area contributed by atoms with Crippen LogP contribution in [-0.2, 0) is 12.7 Å². The Bertz CT molecular complexity index is 1420. The van der Waals surface area contributed by atoms with Crippen molar-refractivity contribution in [2.45, 2.75) is 44.8 Å². The van der Waals surface area contributed by atoms with E-state index in [9.17, 15) is 18.0 Å². The molecular weight excluding hydrogens is 469 g/mol. The highest BCUT2D eigenvalue weighted by atomic mass is 19.4. The van der Waals surface area contributed by atoms with Crippen molar-refractivity contribution in [3.63, 3.8) is 0 Å². The number of rotatable bonds is 6. The molecule has 0 bridgehead atoms. The number of aromatic nitrogens is 3. The summed E-state index contributed by atoms with van der Waals surface area (Å²) in [7, 11) is 0.